The summed E-state index contributed by atoms with van der Waals surface area (Å²) in [5.41, 5.74) is 6.23. The van der Waals surface area contributed by atoms with Gasteiger partial charge >= 0.3 is 6.03 Å². The molecule has 1 atom stereocenters. The predicted molar refractivity (Wildman–Crippen MR) is 59.2 cm³/mol. The zero-order valence-corrected chi connectivity index (χ0v) is 9.19. The number of rotatable bonds is 3. The SMILES string of the molecule is CN(C(N)=O)[C@@H](c1ccc(F)cc1)C1CC1. The Morgan fingerprint density at radius 1 is 1.44 bits per heavy atom. The largest absolute Gasteiger partial charge is 0.351 e. The van der Waals surface area contributed by atoms with E-state index in [2.05, 4.69) is 0 Å². The van der Waals surface area contributed by atoms with Gasteiger partial charge in [0.05, 0.1) is 6.04 Å². The Kier molecular flexibility index (Phi) is 2.81. The molecule has 1 aromatic carbocycles. The molecule has 1 aromatic rings. The summed E-state index contributed by atoms with van der Waals surface area (Å²) in [7, 11) is 1.69. The maximum atomic E-state index is 12.8. The van der Waals surface area contributed by atoms with Crippen LogP contribution in [0.25, 0.3) is 0 Å². The highest BCUT2D eigenvalue weighted by atomic mass is 19.1. The minimum Gasteiger partial charge on any atom is -0.351 e. The first-order chi connectivity index (χ1) is 7.59. The number of carbonyl (C=O) groups is 1. The molecule has 1 aliphatic rings. The van der Waals surface area contributed by atoms with Crippen LogP contribution in [0.3, 0.4) is 0 Å². The third kappa shape index (κ3) is 2.15. The van der Waals surface area contributed by atoms with Crippen LogP contribution >= 0.6 is 0 Å². The van der Waals surface area contributed by atoms with Gasteiger partial charge in [-0.2, -0.15) is 0 Å². The first-order valence-electron chi connectivity index (χ1n) is 5.37. The lowest BCUT2D eigenvalue weighted by Crippen LogP contribution is -2.36. The van der Waals surface area contributed by atoms with Crippen molar-refractivity contribution in [2.24, 2.45) is 11.7 Å². The summed E-state index contributed by atoms with van der Waals surface area (Å²) < 4.78 is 12.8. The van der Waals surface area contributed by atoms with Crippen molar-refractivity contribution in [1.82, 2.24) is 4.90 Å². The smallest absolute Gasteiger partial charge is 0.315 e. The molecule has 0 unspecified atom stereocenters. The fourth-order valence-electron chi connectivity index (χ4n) is 2.02. The maximum Gasteiger partial charge on any atom is 0.315 e. The Bertz CT molecular complexity index is 387. The van der Waals surface area contributed by atoms with Crippen molar-refractivity contribution in [3.63, 3.8) is 0 Å². The highest BCUT2D eigenvalue weighted by Crippen LogP contribution is 2.43. The molecule has 0 heterocycles. The predicted octanol–water partition coefficient (Wildman–Crippen LogP) is 2.29. The second kappa shape index (κ2) is 4.12. The van der Waals surface area contributed by atoms with Crippen LogP contribution in [0.1, 0.15) is 24.4 Å². The molecule has 2 amide bonds. The molecule has 16 heavy (non-hydrogen) atoms. The van der Waals surface area contributed by atoms with Crippen LogP contribution in [0, 0.1) is 11.7 Å². The monoisotopic (exact) mass is 222 g/mol. The number of amides is 2. The molecule has 0 aliphatic heterocycles. The van der Waals surface area contributed by atoms with Crippen molar-refractivity contribution < 1.29 is 9.18 Å². The van der Waals surface area contributed by atoms with Crippen LogP contribution in [0.4, 0.5) is 9.18 Å². The third-order valence-electron chi connectivity index (χ3n) is 3.04. The van der Waals surface area contributed by atoms with E-state index in [0.717, 1.165) is 18.4 Å². The lowest BCUT2D eigenvalue weighted by atomic mass is 10.0. The van der Waals surface area contributed by atoms with Crippen LogP contribution in [-0.2, 0) is 0 Å². The van der Waals surface area contributed by atoms with E-state index in [4.69, 9.17) is 5.73 Å². The molecule has 0 bridgehead atoms. The number of nitrogens with zero attached hydrogens (tertiary/aromatic N) is 1. The van der Waals surface area contributed by atoms with Crippen molar-refractivity contribution in [3.05, 3.63) is 35.6 Å². The Hall–Kier alpha value is -1.58. The van der Waals surface area contributed by atoms with E-state index in [1.807, 2.05) is 0 Å². The van der Waals surface area contributed by atoms with E-state index in [9.17, 15) is 9.18 Å². The molecule has 0 spiro atoms. The Morgan fingerprint density at radius 2 is 2.00 bits per heavy atom. The van der Waals surface area contributed by atoms with Crippen LogP contribution in [0.5, 0.6) is 0 Å². The summed E-state index contributed by atoms with van der Waals surface area (Å²) in [4.78, 5) is 12.7. The number of benzene rings is 1. The quantitative estimate of drug-likeness (QED) is 0.838. The molecule has 2 N–H and O–H groups in total. The zero-order chi connectivity index (χ0) is 11.7. The Balaban J connectivity index is 2.25. The maximum absolute atomic E-state index is 12.8. The molecule has 86 valence electrons. The van der Waals surface area contributed by atoms with Gasteiger partial charge < -0.3 is 10.6 Å². The average molecular weight is 222 g/mol. The van der Waals surface area contributed by atoms with Gasteiger partial charge in [-0.05, 0) is 36.5 Å². The zero-order valence-electron chi connectivity index (χ0n) is 9.19. The number of urea groups is 1. The van der Waals surface area contributed by atoms with Gasteiger partial charge in [-0.15, -0.1) is 0 Å². The summed E-state index contributed by atoms with van der Waals surface area (Å²) in [5, 5.41) is 0. The van der Waals surface area contributed by atoms with E-state index in [1.54, 1.807) is 19.2 Å². The van der Waals surface area contributed by atoms with Crippen molar-refractivity contribution >= 4 is 6.03 Å². The number of hydrogen-bond donors (Lipinski definition) is 1. The van der Waals surface area contributed by atoms with Crippen LogP contribution < -0.4 is 5.73 Å². The van der Waals surface area contributed by atoms with Gasteiger partial charge in [0.25, 0.3) is 0 Å². The first kappa shape index (κ1) is 10.9. The van der Waals surface area contributed by atoms with Gasteiger partial charge in [-0.3, -0.25) is 0 Å². The molecule has 4 heteroatoms. The summed E-state index contributed by atoms with van der Waals surface area (Å²) >= 11 is 0. The molecule has 1 fully saturated rings. The van der Waals surface area contributed by atoms with E-state index in [-0.39, 0.29) is 11.9 Å². The van der Waals surface area contributed by atoms with Gasteiger partial charge in [0.15, 0.2) is 0 Å². The number of nitrogens with two attached hydrogens (primary N) is 1. The van der Waals surface area contributed by atoms with Crippen LogP contribution in [-0.4, -0.2) is 18.0 Å². The summed E-state index contributed by atoms with van der Waals surface area (Å²) in [6.45, 7) is 0. The van der Waals surface area contributed by atoms with Crippen molar-refractivity contribution in [1.29, 1.82) is 0 Å². The summed E-state index contributed by atoms with van der Waals surface area (Å²) in [6.07, 6.45) is 2.19. The minimum absolute atomic E-state index is 0.0156. The summed E-state index contributed by atoms with van der Waals surface area (Å²) in [5.74, 6) is 0.197. The molecule has 0 radical (unpaired) electrons. The lowest BCUT2D eigenvalue weighted by Gasteiger charge is -2.27. The number of hydrogen-bond acceptors (Lipinski definition) is 1. The standard InChI is InChI=1S/C12H15FN2O/c1-15(12(14)16)11(8-2-3-8)9-4-6-10(13)7-5-9/h4-8,11H,2-3H2,1H3,(H2,14,16)/t11-/m1/s1. The molecular weight excluding hydrogens is 207 g/mol. The lowest BCUT2D eigenvalue weighted by molar-refractivity contribution is 0.193. The van der Waals surface area contributed by atoms with E-state index < -0.39 is 6.03 Å². The van der Waals surface area contributed by atoms with Gasteiger partial charge in [-0.1, -0.05) is 12.1 Å². The van der Waals surface area contributed by atoms with Crippen molar-refractivity contribution in [2.75, 3.05) is 7.05 Å². The van der Waals surface area contributed by atoms with E-state index >= 15 is 0 Å². The second-order valence-electron chi connectivity index (χ2n) is 4.28. The molecule has 2 rings (SSSR count). The topological polar surface area (TPSA) is 46.3 Å². The van der Waals surface area contributed by atoms with Crippen molar-refractivity contribution in [2.45, 2.75) is 18.9 Å². The van der Waals surface area contributed by atoms with Gasteiger partial charge in [0.2, 0.25) is 0 Å². The van der Waals surface area contributed by atoms with E-state index in [0.29, 0.717) is 5.92 Å². The van der Waals surface area contributed by atoms with E-state index in [1.165, 1.54) is 17.0 Å². The fourth-order valence-corrected chi connectivity index (χ4v) is 2.02. The minimum atomic E-state index is -0.443. The van der Waals surface area contributed by atoms with Gasteiger partial charge in [0, 0.05) is 7.05 Å². The molecule has 3 nitrogen and oxygen atoms in total. The molecule has 1 saturated carbocycles. The van der Waals surface area contributed by atoms with Gasteiger partial charge in [0.1, 0.15) is 5.82 Å². The molecular formula is C12H15FN2O. The van der Waals surface area contributed by atoms with Crippen molar-refractivity contribution in [3.8, 4) is 0 Å². The second-order valence-corrected chi connectivity index (χ2v) is 4.28. The Labute approximate surface area is 94.0 Å². The third-order valence-corrected chi connectivity index (χ3v) is 3.04. The number of primary amides is 1. The highest BCUT2D eigenvalue weighted by molar-refractivity contribution is 5.72. The Morgan fingerprint density at radius 3 is 2.44 bits per heavy atom. The molecule has 0 aromatic heterocycles. The summed E-state index contributed by atoms with van der Waals surface area (Å²) in [6, 6.07) is 5.81. The highest BCUT2D eigenvalue weighted by Gasteiger charge is 2.36. The first-order valence-corrected chi connectivity index (χ1v) is 5.37. The fraction of sp³-hybridized carbons (Fsp3) is 0.417. The average Bonchev–Trinajstić information content (AvgIpc) is 3.05. The van der Waals surface area contributed by atoms with Gasteiger partial charge in [-0.25, -0.2) is 9.18 Å². The van der Waals surface area contributed by atoms with Crippen LogP contribution in [0.15, 0.2) is 24.3 Å². The normalized spacial score (nSPS) is 16.9. The molecule has 0 saturated heterocycles. The number of carbonyl (C=O) groups excluding carboxylic acids is 1. The van der Waals surface area contributed by atoms with Crippen LogP contribution in [0.2, 0.25) is 0 Å². The molecule has 1 aliphatic carbocycles. The number of halogens is 1.